The van der Waals surface area contributed by atoms with Crippen LogP contribution in [0, 0.1) is 0 Å². The summed E-state index contributed by atoms with van der Waals surface area (Å²) in [5.41, 5.74) is 2.71. The van der Waals surface area contributed by atoms with E-state index >= 15 is 0 Å². The van der Waals surface area contributed by atoms with Crippen LogP contribution in [0.4, 0.5) is 10.5 Å². The maximum atomic E-state index is 12.1. The van der Waals surface area contributed by atoms with Gasteiger partial charge in [0.1, 0.15) is 5.82 Å². The quantitative estimate of drug-likeness (QED) is 0.608. The summed E-state index contributed by atoms with van der Waals surface area (Å²) in [5, 5.41) is 5.66. The Morgan fingerprint density at radius 1 is 1.12 bits per heavy atom. The third-order valence-corrected chi connectivity index (χ3v) is 4.07. The minimum Gasteiger partial charge on any atom is -0.340 e. The van der Waals surface area contributed by atoms with Gasteiger partial charge < -0.3 is 15.6 Å². The Kier molecular flexibility index (Phi) is 4.96. The minimum absolute atomic E-state index is 0.238. The Bertz CT molecular complexity index is 815. The van der Waals surface area contributed by atoms with Crippen molar-refractivity contribution in [2.45, 2.75) is 13.0 Å². The lowest BCUT2D eigenvalue weighted by Gasteiger charge is -2.12. The van der Waals surface area contributed by atoms with Crippen molar-refractivity contribution in [1.29, 1.82) is 0 Å². The van der Waals surface area contributed by atoms with Crippen molar-refractivity contribution < 1.29 is 4.79 Å². The molecule has 3 N–H and O–H groups in total. The van der Waals surface area contributed by atoms with E-state index in [1.165, 1.54) is 0 Å². The summed E-state index contributed by atoms with van der Waals surface area (Å²) in [6.45, 7) is 1.88. The molecule has 5 nitrogen and oxygen atoms in total. The van der Waals surface area contributed by atoms with Crippen LogP contribution in [-0.2, 0) is 0 Å². The van der Waals surface area contributed by atoms with Crippen LogP contribution in [-0.4, -0.2) is 16.0 Å². The van der Waals surface area contributed by atoms with E-state index in [0.717, 1.165) is 21.4 Å². The summed E-state index contributed by atoms with van der Waals surface area (Å²) in [5.74, 6) is 0.708. The molecule has 2 amide bonds. The molecule has 122 valence electrons. The SMILES string of the molecule is C[C@H](NC(=O)Nc1ccc(Br)cc1)c1ncc(-c2ccccc2)[nH]1. The molecule has 0 radical (unpaired) electrons. The first kappa shape index (κ1) is 16.3. The standard InChI is InChI=1S/C18H17BrN4O/c1-12(21-18(24)22-15-9-7-14(19)8-10-15)17-20-11-16(23-17)13-5-3-2-4-6-13/h2-12H,1H3,(H,20,23)(H2,21,22,24)/t12-/m0/s1. The van der Waals surface area contributed by atoms with E-state index in [1.807, 2.05) is 61.5 Å². The Hall–Kier alpha value is -2.60. The second kappa shape index (κ2) is 7.31. The number of amides is 2. The molecule has 1 aromatic heterocycles. The lowest BCUT2D eigenvalue weighted by atomic mass is 10.2. The number of aromatic amines is 1. The number of hydrogen-bond donors (Lipinski definition) is 3. The highest BCUT2D eigenvalue weighted by atomic mass is 79.9. The van der Waals surface area contributed by atoms with E-state index in [2.05, 4.69) is 36.5 Å². The first-order valence-electron chi connectivity index (χ1n) is 7.55. The smallest absolute Gasteiger partial charge is 0.319 e. The maximum absolute atomic E-state index is 12.1. The molecule has 0 saturated carbocycles. The number of nitrogens with one attached hydrogen (secondary N) is 3. The van der Waals surface area contributed by atoms with Crippen LogP contribution in [0.25, 0.3) is 11.3 Å². The first-order chi connectivity index (χ1) is 11.6. The number of hydrogen-bond acceptors (Lipinski definition) is 2. The van der Waals surface area contributed by atoms with Crippen LogP contribution in [0.3, 0.4) is 0 Å². The summed E-state index contributed by atoms with van der Waals surface area (Å²) in [4.78, 5) is 19.7. The van der Waals surface area contributed by atoms with Gasteiger partial charge in [0.15, 0.2) is 0 Å². The van der Waals surface area contributed by atoms with Gasteiger partial charge in [0.05, 0.1) is 17.9 Å². The number of aromatic nitrogens is 2. The molecule has 3 aromatic rings. The molecule has 1 heterocycles. The first-order valence-corrected chi connectivity index (χ1v) is 8.34. The van der Waals surface area contributed by atoms with Crippen molar-refractivity contribution in [2.24, 2.45) is 0 Å². The number of anilines is 1. The van der Waals surface area contributed by atoms with Gasteiger partial charge in [0.25, 0.3) is 0 Å². The Morgan fingerprint density at radius 3 is 2.54 bits per heavy atom. The summed E-state index contributed by atoms with van der Waals surface area (Å²) >= 11 is 3.36. The molecule has 0 spiro atoms. The highest BCUT2D eigenvalue weighted by Crippen LogP contribution is 2.19. The normalized spacial score (nSPS) is 11.8. The molecule has 0 saturated heterocycles. The zero-order chi connectivity index (χ0) is 16.9. The van der Waals surface area contributed by atoms with Gasteiger partial charge in [0.2, 0.25) is 0 Å². The molecule has 2 aromatic carbocycles. The number of carbonyl (C=O) groups is 1. The summed E-state index contributed by atoms with van der Waals surface area (Å²) in [6, 6.07) is 16.8. The van der Waals surface area contributed by atoms with Crippen molar-refractivity contribution in [1.82, 2.24) is 15.3 Å². The molecule has 6 heteroatoms. The zero-order valence-corrected chi connectivity index (χ0v) is 14.7. The Labute approximate surface area is 148 Å². The average molecular weight is 385 g/mol. The number of halogens is 1. The van der Waals surface area contributed by atoms with Gasteiger partial charge in [-0.2, -0.15) is 0 Å². The van der Waals surface area contributed by atoms with Crippen molar-refractivity contribution in [3.05, 3.63) is 71.1 Å². The average Bonchev–Trinajstić information content (AvgIpc) is 3.08. The molecular formula is C18H17BrN4O. The highest BCUT2D eigenvalue weighted by Gasteiger charge is 2.13. The number of carbonyl (C=O) groups excluding carboxylic acids is 1. The van der Waals surface area contributed by atoms with Gasteiger partial charge in [-0.05, 0) is 36.8 Å². The topological polar surface area (TPSA) is 69.8 Å². The van der Waals surface area contributed by atoms with Crippen molar-refractivity contribution in [3.8, 4) is 11.3 Å². The van der Waals surface area contributed by atoms with E-state index in [4.69, 9.17) is 0 Å². The minimum atomic E-state index is -0.275. The summed E-state index contributed by atoms with van der Waals surface area (Å²) < 4.78 is 0.964. The predicted octanol–water partition coefficient (Wildman–Crippen LogP) is 4.72. The Balaban J connectivity index is 1.62. The van der Waals surface area contributed by atoms with Crippen molar-refractivity contribution in [3.63, 3.8) is 0 Å². The maximum Gasteiger partial charge on any atom is 0.319 e. The van der Waals surface area contributed by atoms with Crippen LogP contribution in [0.15, 0.2) is 65.3 Å². The molecule has 0 aliphatic rings. The fourth-order valence-electron chi connectivity index (χ4n) is 2.29. The van der Waals surface area contributed by atoms with E-state index in [9.17, 15) is 4.79 Å². The number of rotatable bonds is 4. The summed E-state index contributed by atoms with van der Waals surface area (Å²) in [6.07, 6.45) is 1.77. The van der Waals surface area contributed by atoms with Crippen molar-refractivity contribution in [2.75, 3.05) is 5.32 Å². The lowest BCUT2D eigenvalue weighted by Crippen LogP contribution is -2.31. The van der Waals surface area contributed by atoms with Gasteiger partial charge >= 0.3 is 6.03 Å². The zero-order valence-electron chi connectivity index (χ0n) is 13.1. The largest absolute Gasteiger partial charge is 0.340 e. The third kappa shape index (κ3) is 4.02. The number of imidazole rings is 1. The number of benzene rings is 2. The van der Waals surface area contributed by atoms with Crippen LogP contribution < -0.4 is 10.6 Å². The van der Waals surface area contributed by atoms with Crippen LogP contribution >= 0.6 is 15.9 Å². The second-order valence-corrected chi connectivity index (χ2v) is 6.29. The van der Waals surface area contributed by atoms with Crippen molar-refractivity contribution >= 4 is 27.6 Å². The number of nitrogens with zero attached hydrogens (tertiary/aromatic N) is 1. The molecule has 24 heavy (non-hydrogen) atoms. The molecule has 1 atom stereocenters. The van der Waals surface area contributed by atoms with Gasteiger partial charge in [-0.1, -0.05) is 46.3 Å². The second-order valence-electron chi connectivity index (χ2n) is 5.38. The van der Waals surface area contributed by atoms with E-state index in [0.29, 0.717) is 5.82 Å². The van der Waals surface area contributed by atoms with Gasteiger partial charge in [-0.25, -0.2) is 9.78 Å². The molecule has 0 bridgehead atoms. The third-order valence-electron chi connectivity index (χ3n) is 3.54. The molecule has 0 fully saturated rings. The van der Waals surface area contributed by atoms with E-state index in [1.54, 1.807) is 6.20 Å². The van der Waals surface area contributed by atoms with Gasteiger partial charge in [-0.15, -0.1) is 0 Å². The summed E-state index contributed by atoms with van der Waals surface area (Å²) in [7, 11) is 0. The number of H-pyrrole nitrogens is 1. The van der Waals surface area contributed by atoms with Gasteiger partial charge in [0, 0.05) is 10.2 Å². The van der Waals surface area contributed by atoms with Crippen LogP contribution in [0.1, 0.15) is 18.8 Å². The molecule has 0 aliphatic heterocycles. The monoisotopic (exact) mass is 384 g/mol. The molecule has 0 aliphatic carbocycles. The van der Waals surface area contributed by atoms with E-state index in [-0.39, 0.29) is 12.1 Å². The highest BCUT2D eigenvalue weighted by molar-refractivity contribution is 9.10. The number of urea groups is 1. The molecule has 0 unspecified atom stereocenters. The van der Waals surface area contributed by atoms with Gasteiger partial charge in [-0.3, -0.25) is 0 Å². The van der Waals surface area contributed by atoms with Crippen LogP contribution in [0.2, 0.25) is 0 Å². The lowest BCUT2D eigenvalue weighted by molar-refractivity contribution is 0.249. The fraction of sp³-hybridized carbons (Fsp3) is 0.111. The fourth-order valence-corrected chi connectivity index (χ4v) is 2.55. The molecular weight excluding hydrogens is 368 g/mol. The molecule has 3 rings (SSSR count). The van der Waals surface area contributed by atoms with Crippen LogP contribution in [0.5, 0.6) is 0 Å². The predicted molar refractivity (Wildman–Crippen MR) is 98.7 cm³/mol. The van der Waals surface area contributed by atoms with E-state index < -0.39 is 0 Å². The Morgan fingerprint density at radius 2 is 1.83 bits per heavy atom.